The summed E-state index contributed by atoms with van der Waals surface area (Å²) in [7, 11) is 0. The lowest BCUT2D eigenvalue weighted by atomic mass is 9.97. The highest BCUT2D eigenvalue weighted by Crippen LogP contribution is 2.13. The van der Waals surface area contributed by atoms with Crippen molar-refractivity contribution in [3.8, 4) is 0 Å². The summed E-state index contributed by atoms with van der Waals surface area (Å²) in [6.45, 7) is 9.39. The number of nitrogens with zero attached hydrogens (tertiary/aromatic N) is 1. The highest BCUT2D eigenvalue weighted by atomic mass is 16.3. The van der Waals surface area contributed by atoms with Gasteiger partial charge in [-0.1, -0.05) is 6.92 Å². The SMILES string of the molecule is CCN(CC1CCNCC1)C[C@H](C)O. The van der Waals surface area contributed by atoms with Crippen molar-refractivity contribution in [2.75, 3.05) is 32.7 Å². The van der Waals surface area contributed by atoms with Crippen LogP contribution in [0, 0.1) is 5.92 Å². The van der Waals surface area contributed by atoms with Crippen molar-refractivity contribution in [2.24, 2.45) is 5.92 Å². The van der Waals surface area contributed by atoms with Gasteiger partial charge >= 0.3 is 0 Å². The lowest BCUT2D eigenvalue weighted by molar-refractivity contribution is 0.114. The zero-order valence-electron chi connectivity index (χ0n) is 9.50. The van der Waals surface area contributed by atoms with Crippen LogP contribution in [0.5, 0.6) is 0 Å². The van der Waals surface area contributed by atoms with E-state index in [1.165, 1.54) is 12.8 Å². The summed E-state index contributed by atoms with van der Waals surface area (Å²) in [5, 5.41) is 12.7. The molecule has 1 saturated heterocycles. The molecule has 1 rings (SSSR count). The van der Waals surface area contributed by atoms with Crippen LogP contribution in [0.4, 0.5) is 0 Å². The molecule has 0 saturated carbocycles. The first-order chi connectivity index (χ1) is 6.72. The molecule has 0 aliphatic carbocycles. The van der Waals surface area contributed by atoms with Crippen molar-refractivity contribution in [1.29, 1.82) is 0 Å². The predicted molar refractivity (Wildman–Crippen MR) is 59.4 cm³/mol. The quantitative estimate of drug-likeness (QED) is 0.685. The first kappa shape index (κ1) is 12.0. The van der Waals surface area contributed by atoms with Gasteiger partial charge in [-0.3, -0.25) is 0 Å². The maximum Gasteiger partial charge on any atom is 0.0639 e. The molecule has 0 radical (unpaired) electrons. The second-order valence-corrected chi connectivity index (χ2v) is 4.39. The van der Waals surface area contributed by atoms with E-state index in [0.717, 1.165) is 38.6 Å². The van der Waals surface area contributed by atoms with Gasteiger partial charge in [0.05, 0.1) is 6.10 Å². The maximum absolute atomic E-state index is 9.33. The Bertz CT molecular complexity index is 144. The molecule has 1 atom stereocenters. The number of hydrogen-bond acceptors (Lipinski definition) is 3. The average molecular weight is 200 g/mol. The fraction of sp³-hybridized carbons (Fsp3) is 1.00. The zero-order valence-corrected chi connectivity index (χ0v) is 9.50. The van der Waals surface area contributed by atoms with Gasteiger partial charge < -0.3 is 15.3 Å². The number of likely N-dealkylation sites (N-methyl/N-ethyl adjacent to an activating group) is 1. The summed E-state index contributed by atoms with van der Waals surface area (Å²) >= 11 is 0. The van der Waals surface area contributed by atoms with Crippen LogP contribution in [-0.4, -0.2) is 48.8 Å². The van der Waals surface area contributed by atoms with Gasteiger partial charge in [0.25, 0.3) is 0 Å². The van der Waals surface area contributed by atoms with E-state index in [-0.39, 0.29) is 6.10 Å². The van der Waals surface area contributed by atoms with E-state index in [1.54, 1.807) is 0 Å². The molecule has 2 N–H and O–H groups in total. The van der Waals surface area contributed by atoms with E-state index in [9.17, 15) is 5.11 Å². The lowest BCUT2D eigenvalue weighted by Gasteiger charge is -2.29. The molecule has 1 heterocycles. The maximum atomic E-state index is 9.33. The van der Waals surface area contributed by atoms with Crippen LogP contribution in [-0.2, 0) is 0 Å². The Labute approximate surface area is 87.5 Å². The van der Waals surface area contributed by atoms with Crippen molar-refractivity contribution in [3.63, 3.8) is 0 Å². The third-order valence-electron chi connectivity index (χ3n) is 2.94. The van der Waals surface area contributed by atoms with Gasteiger partial charge in [-0.25, -0.2) is 0 Å². The number of hydrogen-bond donors (Lipinski definition) is 2. The molecular weight excluding hydrogens is 176 g/mol. The molecule has 3 nitrogen and oxygen atoms in total. The Balaban J connectivity index is 2.23. The van der Waals surface area contributed by atoms with Crippen LogP contribution in [0.25, 0.3) is 0 Å². The highest BCUT2D eigenvalue weighted by molar-refractivity contribution is 4.72. The molecule has 0 spiro atoms. The summed E-state index contributed by atoms with van der Waals surface area (Å²) in [5.41, 5.74) is 0. The fourth-order valence-electron chi connectivity index (χ4n) is 2.14. The molecule has 14 heavy (non-hydrogen) atoms. The van der Waals surface area contributed by atoms with Crippen molar-refractivity contribution >= 4 is 0 Å². The zero-order chi connectivity index (χ0) is 10.4. The smallest absolute Gasteiger partial charge is 0.0639 e. The molecule has 0 bridgehead atoms. The Hall–Kier alpha value is -0.120. The van der Waals surface area contributed by atoms with Gasteiger partial charge in [0.1, 0.15) is 0 Å². The van der Waals surface area contributed by atoms with E-state index >= 15 is 0 Å². The van der Waals surface area contributed by atoms with E-state index in [2.05, 4.69) is 17.1 Å². The van der Waals surface area contributed by atoms with E-state index in [4.69, 9.17) is 0 Å². The fourth-order valence-corrected chi connectivity index (χ4v) is 2.14. The third-order valence-corrected chi connectivity index (χ3v) is 2.94. The van der Waals surface area contributed by atoms with Gasteiger partial charge in [-0.05, 0) is 45.3 Å². The van der Waals surface area contributed by atoms with Crippen molar-refractivity contribution < 1.29 is 5.11 Å². The summed E-state index contributed by atoms with van der Waals surface area (Å²) in [6, 6.07) is 0. The Morgan fingerprint density at radius 2 is 2.07 bits per heavy atom. The van der Waals surface area contributed by atoms with Crippen LogP contribution >= 0.6 is 0 Å². The van der Waals surface area contributed by atoms with Gasteiger partial charge in [0.15, 0.2) is 0 Å². The monoisotopic (exact) mass is 200 g/mol. The van der Waals surface area contributed by atoms with Gasteiger partial charge in [-0.2, -0.15) is 0 Å². The molecule has 1 aliphatic rings. The summed E-state index contributed by atoms with van der Waals surface area (Å²) in [4.78, 5) is 2.36. The van der Waals surface area contributed by atoms with Gasteiger partial charge in [0.2, 0.25) is 0 Å². The van der Waals surface area contributed by atoms with Gasteiger partial charge in [0, 0.05) is 13.1 Å². The largest absolute Gasteiger partial charge is 0.392 e. The minimum absolute atomic E-state index is 0.198. The molecule has 0 aromatic rings. The summed E-state index contributed by atoms with van der Waals surface area (Å²) < 4.78 is 0. The molecule has 84 valence electrons. The van der Waals surface area contributed by atoms with Crippen molar-refractivity contribution in [1.82, 2.24) is 10.2 Å². The average Bonchev–Trinajstić information content (AvgIpc) is 2.17. The first-order valence-electron chi connectivity index (χ1n) is 5.83. The lowest BCUT2D eigenvalue weighted by Crippen LogP contribution is -2.38. The van der Waals surface area contributed by atoms with Crippen LogP contribution in [0.2, 0.25) is 0 Å². The van der Waals surface area contributed by atoms with Crippen LogP contribution < -0.4 is 5.32 Å². The van der Waals surface area contributed by atoms with E-state index < -0.39 is 0 Å². The molecule has 0 aromatic carbocycles. The molecular formula is C11H24N2O. The number of aliphatic hydroxyl groups excluding tert-OH is 1. The predicted octanol–water partition coefficient (Wildman–Crippen LogP) is 0.689. The van der Waals surface area contributed by atoms with E-state index in [1.807, 2.05) is 6.92 Å². The molecule has 3 heteroatoms. The van der Waals surface area contributed by atoms with Crippen molar-refractivity contribution in [3.05, 3.63) is 0 Å². The number of nitrogens with one attached hydrogen (secondary N) is 1. The number of aliphatic hydroxyl groups is 1. The summed E-state index contributed by atoms with van der Waals surface area (Å²) in [6.07, 6.45) is 2.38. The van der Waals surface area contributed by atoms with Crippen LogP contribution in [0.3, 0.4) is 0 Å². The van der Waals surface area contributed by atoms with Gasteiger partial charge in [-0.15, -0.1) is 0 Å². The second-order valence-electron chi connectivity index (χ2n) is 4.39. The first-order valence-corrected chi connectivity index (χ1v) is 5.83. The Kier molecular flexibility index (Phi) is 5.45. The molecule has 1 aliphatic heterocycles. The van der Waals surface area contributed by atoms with Crippen molar-refractivity contribution in [2.45, 2.75) is 32.8 Å². The van der Waals surface area contributed by atoms with Crippen LogP contribution in [0.1, 0.15) is 26.7 Å². The number of piperidine rings is 1. The molecule has 1 fully saturated rings. The minimum atomic E-state index is -0.198. The van der Waals surface area contributed by atoms with E-state index in [0.29, 0.717) is 0 Å². The second kappa shape index (κ2) is 6.38. The summed E-state index contributed by atoms with van der Waals surface area (Å²) in [5.74, 6) is 0.829. The normalized spacial score (nSPS) is 21.4. The topological polar surface area (TPSA) is 35.5 Å². The highest BCUT2D eigenvalue weighted by Gasteiger charge is 2.16. The number of rotatable bonds is 5. The molecule has 0 unspecified atom stereocenters. The minimum Gasteiger partial charge on any atom is -0.392 e. The Morgan fingerprint density at radius 3 is 2.57 bits per heavy atom. The molecule has 0 amide bonds. The third kappa shape index (κ3) is 4.40. The van der Waals surface area contributed by atoms with Crippen LogP contribution in [0.15, 0.2) is 0 Å². The Morgan fingerprint density at radius 1 is 1.43 bits per heavy atom. The standard InChI is InChI=1S/C11H24N2O/c1-3-13(8-10(2)14)9-11-4-6-12-7-5-11/h10-12,14H,3-9H2,1-2H3/t10-/m0/s1. The molecule has 0 aromatic heterocycles.